The average molecular weight is 282 g/mol. The Bertz CT molecular complexity index is 419. The molecule has 1 N–H and O–H groups in total. The number of nitrogens with one attached hydrogen (secondary N) is 1. The molecule has 0 bridgehead atoms. The van der Waals surface area contributed by atoms with Crippen LogP contribution in [0.4, 0.5) is 0 Å². The standard InChI is InChI=1S/C14H22N2O2S/c1-9(2)12(7-18-4)16-13(11-5-6-19-8-11)15-10(3)14(16)17/h5-6,8-10,12-13,15H,7H2,1-4H3. The number of nitrogens with zero attached hydrogens (tertiary/aromatic N) is 1. The predicted octanol–water partition coefficient (Wildman–Crippen LogP) is 2.24. The van der Waals surface area contributed by atoms with Gasteiger partial charge in [-0.1, -0.05) is 13.8 Å². The van der Waals surface area contributed by atoms with Gasteiger partial charge in [0.15, 0.2) is 0 Å². The van der Waals surface area contributed by atoms with E-state index in [9.17, 15) is 4.79 Å². The van der Waals surface area contributed by atoms with Crippen LogP contribution in [0.2, 0.25) is 0 Å². The molecule has 19 heavy (non-hydrogen) atoms. The summed E-state index contributed by atoms with van der Waals surface area (Å²) in [5.41, 5.74) is 1.16. The van der Waals surface area contributed by atoms with Crippen LogP contribution >= 0.6 is 11.3 Å². The molecular weight excluding hydrogens is 260 g/mol. The van der Waals surface area contributed by atoms with Crippen LogP contribution in [-0.4, -0.2) is 36.6 Å². The molecule has 1 aromatic rings. The zero-order valence-corrected chi connectivity index (χ0v) is 12.7. The van der Waals surface area contributed by atoms with Crippen molar-refractivity contribution in [1.29, 1.82) is 0 Å². The van der Waals surface area contributed by atoms with Crippen molar-refractivity contribution >= 4 is 17.2 Å². The molecule has 1 aromatic heterocycles. The highest BCUT2D eigenvalue weighted by Crippen LogP contribution is 2.31. The number of methoxy groups -OCH3 is 1. The van der Waals surface area contributed by atoms with Crippen molar-refractivity contribution < 1.29 is 9.53 Å². The van der Waals surface area contributed by atoms with Crippen LogP contribution in [0.1, 0.15) is 32.5 Å². The first-order valence-corrected chi connectivity index (χ1v) is 7.59. The van der Waals surface area contributed by atoms with Crippen LogP contribution in [0.25, 0.3) is 0 Å². The third-order valence-corrected chi connectivity index (χ3v) is 4.34. The van der Waals surface area contributed by atoms with Gasteiger partial charge >= 0.3 is 0 Å². The van der Waals surface area contributed by atoms with E-state index in [2.05, 4.69) is 30.6 Å². The minimum Gasteiger partial charge on any atom is -0.383 e. The molecule has 1 aliphatic heterocycles. The highest BCUT2D eigenvalue weighted by atomic mass is 32.1. The third-order valence-electron chi connectivity index (χ3n) is 3.63. The molecule has 0 saturated carbocycles. The van der Waals surface area contributed by atoms with E-state index in [4.69, 9.17) is 4.74 Å². The maximum absolute atomic E-state index is 12.4. The summed E-state index contributed by atoms with van der Waals surface area (Å²) < 4.78 is 5.31. The predicted molar refractivity (Wildman–Crippen MR) is 77.0 cm³/mol. The summed E-state index contributed by atoms with van der Waals surface area (Å²) >= 11 is 1.66. The molecule has 0 aromatic carbocycles. The van der Waals surface area contributed by atoms with Gasteiger partial charge in [0.25, 0.3) is 0 Å². The fourth-order valence-electron chi connectivity index (χ4n) is 2.55. The Morgan fingerprint density at radius 3 is 2.79 bits per heavy atom. The molecule has 1 amide bonds. The number of rotatable bonds is 5. The molecule has 1 saturated heterocycles. The van der Waals surface area contributed by atoms with Crippen molar-refractivity contribution in [2.24, 2.45) is 5.92 Å². The second-order valence-corrected chi connectivity index (χ2v) is 6.14. The number of carbonyl (C=O) groups excluding carboxylic acids is 1. The van der Waals surface area contributed by atoms with Gasteiger partial charge in [-0.3, -0.25) is 10.1 Å². The fourth-order valence-corrected chi connectivity index (χ4v) is 3.23. The minimum atomic E-state index is -0.136. The van der Waals surface area contributed by atoms with Crippen molar-refractivity contribution in [1.82, 2.24) is 10.2 Å². The van der Waals surface area contributed by atoms with E-state index in [0.717, 1.165) is 5.56 Å². The van der Waals surface area contributed by atoms with Crippen molar-refractivity contribution in [2.75, 3.05) is 13.7 Å². The van der Waals surface area contributed by atoms with Crippen LogP contribution in [0.3, 0.4) is 0 Å². The number of thiophene rings is 1. The Balaban J connectivity index is 2.29. The van der Waals surface area contributed by atoms with Gasteiger partial charge in [0.1, 0.15) is 6.17 Å². The molecule has 2 rings (SSSR count). The lowest BCUT2D eigenvalue weighted by Gasteiger charge is -2.34. The van der Waals surface area contributed by atoms with Crippen molar-refractivity contribution in [3.8, 4) is 0 Å². The molecule has 106 valence electrons. The molecule has 4 nitrogen and oxygen atoms in total. The Morgan fingerprint density at radius 2 is 2.26 bits per heavy atom. The van der Waals surface area contributed by atoms with E-state index in [-0.39, 0.29) is 24.2 Å². The molecule has 1 aliphatic rings. The number of hydrogen-bond donors (Lipinski definition) is 1. The van der Waals surface area contributed by atoms with E-state index < -0.39 is 0 Å². The molecular formula is C14H22N2O2S. The second kappa shape index (κ2) is 6.03. The van der Waals surface area contributed by atoms with Crippen molar-refractivity contribution in [2.45, 2.75) is 39.0 Å². The molecule has 0 spiro atoms. The SMILES string of the molecule is COCC(C(C)C)N1C(=O)C(C)NC1c1ccsc1. The first-order valence-electron chi connectivity index (χ1n) is 6.65. The van der Waals surface area contributed by atoms with E-state index in [1.807, 2.05) is 17.2 Å². The lowest BCUT2D eigenvalue weighted by molar-refractivity contribution is -0.134. The van der Waals surface area contributed by atoms with Gasteiger partial charge in [-0.05, 0) is 35.2 Å². The Kier molecular flexibility index (Phi) is 4.60. The quantitative estimate of drug-likeness (QED) is 0.900. The van der Waals surface area contributed by atoms with E-state index >= 15 is 0 Å². The molecule has 2 heterocycles. The highest BCUT2D eigenvalue weighted by molar-refractivity contribution is 7.07. The largest absolute Gasteiger partial charge is 0.383 e. The molecule has 1 fully saturated rings. The summed E-state index contributed by atoms with van der Waals surface area (Å²) in [7, 11) is 1.69. The second-order valence-electron chi connectivity index (χ2n) is 5.36. The molecule has 0 radical (unpaired) electrons. The van der Waals surface area contributed by atoms with Gasteiger partial charge in [0.05, 0.1) is 18.7 Å². The minimum absolute atomic E-state index is 0.0312. The number of hydrogen-bond acceptors (Lipinski definition) is 4. The lowest BCUT2D eigenvalue weighted by Crippen LogP contribution is -2.45. The summed E-state index contributed by atoms with van der Waals surface area (Å²) in [6, 6.07) is 2.04. The Morgan fingerprint density at radius 1 is 1.53 bits per heavy atom. The highest BCUT2D eigenvalue weighted by Gasteiger charge is 2.42. The normalized spacial score (nSPS) is 25.3. The smallest absolute Gasteiger partial charge is 0.241 e. The summed E-state index contributed by atoms with van der Waals surface area (Å²) in [6.07, 6.45) is -0.0312. The van der Waals surface area contributed by atoms with Crippen LogP contribution in [0, 0.1) is 5.92 Å². The summed E-state index contributed by atoms with van der Waals surface area (Å²) in [5.74, 6) is 0.518. The number of amides is 1. The zero-order valence-electron chi connectivity index (χ0n) is 11.9. The number of ether oxygens (including phenoxy) is 1. The molecule has 3 unspecified atom stereocenters. The molecule has 0 aliphatic carbocycles. The van der Waals surface area contributed by atoms with Gasteiger partial charge in [-0.2, -0.15) is 11.3 Å². The van der Waals surface area contributed by atoms with Gasteiger partial charge < -0.3 is 9.64 Å². The summed E-state index contributed by atoms with van der Waals surface area (Å²) in [6.45, 7) is 6.75. The van der Waals surface area contributed by atoms with Gasteiger partial charge in [-0.15, -0.1) is 0 Å². The Hall–Kier alpha value is -0.910. The van der Waals surface area contributed by atoms with Crippen LogP contribution in [0.5, 0.6) is 0 Å². The first-order chi connectivity index (χ1) is 9.06. The van der Waals surface area contributed by atoms with Crippen molar-refractivity contribution in [3.63, 3.8) is 0 Å². The average Bonchev–Trinajstić information content (AvgIpc) is 2.97. The maximum Gasteiger partial charge on any atom is 0.241 e. The van der Waals surface area contributed by atoms with Crippen LogP contribution in [0.15, 0.2) is 16.8 Å². The van der Waals surface area contributed by atoms with E-state index in [0.29, 0.717) is 12.5 Å². The van der Waals surface area contributed by atoms with Gasteiger partial charge in [0, 0.05) is 7.11 Å². The lowest BCUT2D eigenvalue weighted by atomic mass is 10.0. The van der Waals surface area contributed by atoms with Crippen molar-refractivity contribution in [3.05, 3.63) is 22.4 Å². The zero-order chi connectivity index (χ0) is 14.0. The van der Waals surface area contributed by atoms with Gasteiger partial charge in [0.2, 0.25) is 5.91 Å². The number of carbonyl (C=O) groups is 1. The Labute approximate surface area is 118 Å². The third kappa shape index (κ3) is 2.83. The summed E-state index contributed by atoms with van der Waals surface area (Å²) in [5, 5.41) is 7.52. The summed E-state index contributed by atoms with van der Waals surface area (Å²) in [4.78, 5) is 14.4. The van der Waals surface area contributed by atoms with Crippen LogP contribution in [-0.2, 0) is 9.53 Å². The topological polar surface area (TPSA) is 41.6 Å². The maximum atomic E-state index is 12.4. The van der Waals surface area contributed by atoms with E-state index in [1.54, 1.807) is 18.4 Å². The first kappa shape index (κ1) is 14.5. The van der Waals surface area contributed by atoms with Gasteiger partial charge in [-0.25, -0.2) is 0 Å². The monoisotopic (exact) mass is 282 g/mol. The van der Waals surface area contributed by atoms with Crippen LogP contribution < -0.4 is 5.32 Å². The fraction of sp³-hybridized carbons (Fsp3) is 0.643. The molecule has 3 atom stereocenters. The molecule has 5 heteroatoms. The van der Waals surface area contributed by atoms with E-state index in [1.165, 1.54) is 0 Å².